The molecule has 0 aromatic carbocycles. The molecule has 0 radical (unpaired) electrons. The first-order valence-corrected chi connectivity index (χ1v) is 3.97. The van der Waals surface area contributed by atoms with Crippen LogP contribution in [0.5, 0.6) is 0 Å². The molecule has 0 aliphatic carbocycles. The van der Waals surface area contributed by atoms with E-state index in [0.717, 1.165) is 6.42 Å². The Bertz CT molecular complexity index is 165. The van der Waals surface area contributed by atoms with Crippen LogP contribution >= 0.6 is 0 Å². The van der Waals surface area contributed by atoms with Crippen LogP contribution < -0.4 is 0 Å². The van der Waals surface area contributed by atoms with E-state index in [9.17, 15) is 0 Å². The third-order valence-electron chi connectivity index (χ3n) is 1.42. The first-order chi connectivity index (χ1) is 4.84. The highest BCUT2D eigenvalue weighted by atomic mass is 14.7. The number of rotatable bonds is 1. The summed E-state index contributed by atoms with van der Waals surface area (Å²) in [5.41, 5.74) is 2.72. The Kier molecular flexibility index (Phi) is 4.73. The van der Waals surface area contributed by atoms with E-state index in [2.05, 4.69) is 24.9 Å². The average Bonchev–Trinajstić information content (AvgIpc) is 2.39. The summed E-state index contributed by atoms with van der Waals surface area (Å²) in [5.74, 6) is 0. The van der Waals surface area contributed by atoms with Crippen molar-refractivity contribution in [2.45, 2.75) is 34.1 Å². The lowest BCUT2D eigenvalue weighted by Crippen LogP contribution is -1.79. The molecular weight excluding hydrogens is 122 g/mol. The zero-order chi connectivity index (χ0) is 7.98. The molecule has 0 fully saturated rings. The van der Waals surface area contributed by atoms with Crippen molar-refractivity contribution in [2.75, 3.05) is 0 Å². The van der Waals surface area contributed by atoms with E-state index in [1.165, 1.54) is 11.3 Å². The summed E-state index contributed by atoms with van der Waals surface area (Å²) in [7, 11) is 0. The predicted octanol–water partition coefficient (Wildman–Crippen LogP) is 2.91. The second-order valence-electron chi connectivity index (χ2n) is 1.99. The van der Waals surface area contributed by atoms with Gasteiger partial charge in [0.2, 0.25) is 0 Å². The molecule has 1 heterocycles. The zero-order valence-electron chi connectivity index (χ0n) is 7.36. The van der Waals surface area contributed by atoms with Gasteiger partial charge in [-0.1, -0.05) is 20.8 Å². The van der Waals surface area contributed by atoms with Gasteiger partial charge in [-0.05, 0) is 25.0 Å². The first-order valence-electron chi connectivity index (χ1n) is 3.97. The van der Waals surface area contributed by atoms with Crippen LogP contribution in [-0.4, -0.2) is 4.98 Å². The van der Waals surface area contributed by atoms with Crippen LogP contribution in [0.3, 0.4) is 0 Å². The molecule has 0 bridgehead atoms. The molecule has 0 aliphatic heterocycles. The lowest BCUT2D eigenvalue weighted by Gasteiger charge is -1.89. The van der Waals surface area contributed by atoms with Crippen molar-refractivity contribution in [1.82, 2.24) is 4.98 Å². The predicted molar refractivity (Wildman–Crippen MR) is 46.3 cm³/mol. The molecule has 1 heteroatoms. The Labute approximate surface area is 63.5 Å². The SMILES string of the molecule is CC.CCc1[nH]ccc1C. The largest absolute Gasteiger partial charge is 0.365 e. The molecule has 1 nitrogen and oxygen atoms in total. The fourth-order valence-electron chi connectivity index (χ4n) is 0.863. The van der Waals surface area contributed by atoms with Crippen LogP contribution in [0.1, 0.15) is 32.0 Å². The van der Waals surface area contributed by atoms with E-state index in [4.69, 9.17) is 0 Å². The highest BCUT2D eigenvalue weighted by Crippen LogP contribution is 2.03. The second kappa shape index (κ2) is 5.10. The van der Waals surface area contributed by atoms with Gasteiger partial charge in [-0.15, -0.1) is 0 Å². The quantitative estimate of drug-likeness (QED) is 0.615. The maximum Gasteiger partial charge on any atom is 0.0174 e. The third-order valence-corrected chi connectivity index (χ3v) is 1.42. The molecular formula is C9H17N. The van der Waals surface area contributed by atoms with Crippen molar-refractivity contribution in [1.29, 1.82) is 0 Å². The first kappa shape index (κ1) is 9.28. The van der Waals surface area contributed by atoms with Gasteiger partial charge in [0.05, 0.1) is 0 Å². The molecule has 1 aromatic heterocycles. The number of H-pyrrole nitrogens is 1. The molecule has 0 spiro atoms. The highest BCUT2D eigenvalue weighted by molar-refractivity contribution is 5.17. The van der Waals surface area contributed by atoms with Gasteiger partial charge < -0.3 is 4.98 Å². The summed E-state index contributed by atoms with van der Waals surface area (Å²) in [4.78, 5) is 3.16. The van der Waals surface area contributed by atoms with Crippen LogP contribution in [0.25, 0.3) is 0 Å². The van der Waals surface area contributed by atoms with E-state index in [1.54, 1.807) is 0 Å². The molecule has 0 saturated carbocycles. The van der Waals surface area contributed by atoms with Crippen molar-refractivity contribution < 1.29 is 0 Å². The van der Waals surface area contributed by atoms with Crippen LogP contribution in [-0.2, 0) is 6.42 Å². The van der Waals surface area contributed by atoms with Crippen LogP contribution in [0.15, 0.2) is 12.3 Å². The van der Waals surface area contributed by atoms with E-state index in [1.807, 2.05) is 20.0 Å². The maximum absolute atomic E-state index is 3.16. The van der Waals surface area contributed by atoms with Crippen molar-refractivity contribution in [3.8, 4) is 0 Å². The average molecular weight is 139 g/mol. The fourth-order valence-corrected chi connectivity index (χ4v) is 0.863. The van der Waals surface area contributed by atoms with Gasteiger partial charge in [0.1, 0.15) is 0 Å². The number of aromatic nitrogens is 1. The van der Waals surface area contributed by atoms with E-state index >= 15 is 0 Å². The Hall–Kier alpha value is -0.720. The van der Waals surface area contributed by atoms with E-state index < -0.39 is 0 Å². The highest BCUT2D eigenvalue weighted by Gasteiger charge is 1.91. The van der Waals surface area contributed by atoms with Gasteiger partial charge in [0.25, 0.3) is 0 Å². The summed E-state index contributed by atoms with van der Waals surface area (Å²) >= 11 is 0. The molecule has 1 aromatic rings. The minimum atomic E-state index is 1.11. The Balaban J connectivity index is 0.000000371. The zero-order valence-corrected chi connectivity index (χ0v) is 7.36. The molecule has 0 amide bonds. The minimum absolute atomic E-state index is 1.11. The standard InChI is InChI=1S/C7H11N.C2H6/c1-3-7-6(2)4-5-8-7;1-2/h4-5,8H,3H2,1-2H3;1-2H3. The Morgan fingerprint density at radius 1 is 1.40 bits per heavy atom. The van der Waals surface area contributed by atoms with Gasteiger partial charge in [-0.2, -0.15) is 0 Å². The van der Waals surface area contributed by atoms with Crippen LogP contribution in [0, 0.1) is 6.92 Å². The molecule has 0 saturated heterocycles. The summed E-state index contributed by atoms with van der Waals surface area (Å²) in [6.45, 7) is 8.27. The lowest BCUT2D eigenvalue weighted by atomic mass is 10.2. The molecule has 1 N–H and O–H groups in total. The monoisotopic (exact) mass is 139 g/mol. The Morgan fingerprint density at radius 3 is 2.20 bits per heavy atom. The minimum Gasteiger partial charge on any atom is -0.365 e. The van der Waals surface area contributed by atoms with Crippen LogP contribution in [0.4, 0.5) is 0 Å². The van der Waals surface area contributed by atoms with Gasteiger partial charge in [0.15, 0.2) is 0 Å². The van der Waals surface area contributed by atoms with Crippen LogP contribution in [0.2, 0.25) is 0 Å². The van der Waals surface area contributed by atoms with Gasteiger partial charge in [-0.3, -0.25) is 0 Å². The van der Waals surface area contributed by atoms with Gasteiger partial charge in [0, 0.05) is 11.9 Å². The molecule has 0 atom stereocenters. The number of hydrogen-bond donors (Lipinski definition) is 1. The summed E-state index contributed by atoms with van der Waals surface area (Å²) in [6, 6.07) is 2.10. The lowest BCUT2D eigenvalue weighted by molar-refractivity contribution is 1.04. The molecule has 0 aliphatic rings. The van der Waals surface area contributed by atoms with Crippen molar-refractivity contribution in [3.63, 3.8) is 0 Å². The topological polar surface area (TPSA) is 15.8 Å². The van der Waals surface area contributed by atoms with E-state index in [0.29, 0.717) is 0 Å². The fraction of sp³-hybridized carbons (Fsp3) is 0.556. The third kappa shape index (κ3) is 2.26. The smallest absolute Gasteiger partial charge is 0.0174 e. The maximum atomic E-state index is 3.16. The van der Waals surface area contributed by atoms with Crippen molar-refractivity contribution in [3.05, 3.63) is 23.5 Å². The molecule has 0 unspecified atom stereocenters. The summed E-state index contributed by atoms with van der Waals surface area (Å²) in [5, 5.41) is 0. The summed E-state index contributed by atoms with van der Waals surface area (Å²) < 4.78 is 0. The molecule has 10 heavy (non-hydrogen) atoms. The number of aromatic amines is 1. The van der Waals surface area contributed by atoms with Gasteiger partial charge in [-0.25, -0.2) is 0 Å². The second-order valence-corrected chi connectivity index (χ2v) is 1.99. The molecule has 58 valence electrons. The van der Waals surface area contributed by atoms with Crippen molar-refractivity contribution in [2.24, 2.45) is 0 Å². The van der Waals surface area contributed by atoms with Gasteiger partial charge >= 0.3 is 0 Å². The Morgan fingerprint density at radius 2 is 2.00 bits per heavy atom. The molecule has 1 rings (SSSR count). The van der Waals surface area contributed by atoms with E-state index in [-0.39, 0.29) is 0 Å². The van der Waals surface area contributed by atoms with Crippen molar-refractivity contribution >= 4 is 0 Å². The number of nitrogens with one attached hydrogen (secondary N) is 1. The number of aryl methyl sites for hydroxylation is 2. The normalized spacial score (nSPS) is 8.40. The summed E-state index contributed by atoms with van der Waals surface area (Å²) in [6.07, 6.45) is 3.09. The number of hydrogen-bond acceptors (Lipinski definition) is 0.